The van der Waals surface area contributed by atoms with Crippen molar-refractivity contribution in [2.75, 3.05) is 11.9 Å². The molecule has 1 aromatic rings. The van der Waals surface area contributed by atoms with Gasteiger partial charge in [-0.3, -0.25) is 0 Å². The van der Waals surface area contributed by atoms with Crippen LogP contribution in [0.5, 0.6) is 0 Å². The van der Waals surface area contributed by atoms with Crippen LogP contribution >= 0.6 is 11.3 Å². The zero-order valence-electron chi connectivity index (χ0n) is 12.3. The van der Waals surface area contributed by atoms with Crippen LogP contribution in [0.25, 0.3) is 0 Å². The zero-order valence-corrected chi connectivity index (χ0v) is 13.1. The maximum absolute atomic E-state index is 12.5. The van der Waals surface area contributed by atoms with Crippen LogP contribution in [0, 0.1) is 5.41 Å². The van der Waals surface area contributed by atoms with Crippen molar-refractivity contribution in [3.05, 3.63) is 5.01 Å². The Morgan fingerprint density at radius 3 is 2.62 bits per heavy atom. The van der Waals surface area contributed by atoms with E-state index >= 15 is 0 Å². The highest BCUT2D eigenvalue weighted by molar-refractivity contribution is 7.15. The minimum Gasteiger partial charge on any atom is -0.378 e. The van der Waals surface area contributed by atoms with Crippen LogP contribution in [0.4, 0.5) is 18.3 Å². The molecule has 1 aliphatic carbocycles. The van der Waals surface area contributed by atoms with Gasteiger partial charge in [0, 0.05) is 18.1 Å². The molecular weight excluding hydrogens is 303 g/mol. The number of hydrogen-bond donors (Lipinski definition) is 1. The Kier molecular flexibility index (Phi) is 4.77. The van der Waals surface area contributed by atoms with Crippen molar-refractivity contribution in [3.8, 4) is 0 Å². The Morgan fingerprint density at radius 2 is 2.10 bits per heavy atom. The summed E-state index contributed by atoms with van der Waals surface area (Å²) in [6.45, 7) is 6.94. The first-order valence-corrected chi connectivity index (χ1v) is 7.85. The topological polar surface area (TPSA) is 47.0 Å². The highest BCUT2D eigenvalue weighted by atomic mass is 32.1. The Labute approximate surface area is 126 Å². The number of alkyl halides is 3. The van der Waals surface area contributed by atoms with Crippen LogP contribution in [0.3, 0.4) is 0 Å². The molecule has 1 heterocycles. The lowest BCUT2D eigenvalue weighted by atomic mass is 9.64. The molecule has 1 aromatic heterocycles. The van der Waals surface area contributed by atoms with Crippen molar-refractivity contribution in [2.24, 2.45) is 5.41 Å². The van der Waals surface area contributed by atoms with Crippen molar-refractivity contribution in [3.63, 3.8) is 0 Å². The van der Waals surface area contributed by atoms with Crippen molar-refractivity contribution in [1.82, 2.24) is 10.2 Å². The van der Waals surface area contributed by atoms with Gasteiger partial charge in [-0.25, -0.2) is 0 Å². The van der Waals surface area contributed by atoms with Gasteiger partial charge in [0.2, 0.25) is 10.1 Å². The summed E-state index contributed by atoms with van der Waals surface area (Å²) in [6, 6.07) is 0.0539. The van der Waals surface area contributed by atoms with E-state index in [2.05, 4.69) is 36.3 Å². The van der Waals surface area contributed by atoms with E-state index in [1.165, 1.54) is 0 Å². The van der Waals surface area contributed by atoms with Gasteiger partial charge in [-0.15, -0.1) is 10.2 Å². The lowest BCUT2D eigenvalue weighted by Crippen LogP contribution is -2.58. The molecule has 1 aliphatic rings. The van der Waals surface area contributed by atoms with Crippen LogP contribution in [-0.2, 0) is 10.9 Å². The van der Waals surface area contributed by atoms with Crippen molar-refractivity contribution < 1.29 is 17.9 Å². The van der Waals surface area contributed by atoms with E-state index in [4.69, 9.17) is 4.74 Å². The Bertz CT molecular complexity index is 475. The van der Waals surface area contributed by atoms with Crippen LogP contribution in [-0.4, -0.2) is 29.0 Å². The molecule has 1 N–H and O–H groups in total. The monoisotopic (exact) mass is 323 g/mol. The minimum atomic E-state index is -4.43. The van der Waals surface area contributed by atoms with Gasteiger partial charge in [-0.05, 0) is 12.8 Å². The standard InChI is InChI=1S/C13H20F3N3OS/c1-4-5-6-20-9-7-8(12(9,2)3)17-11-19-18-10(21-11)13(14,15)16/h8-9H,4-7H2,1-3H3,(H,17,19). The van der Waals surface area contributed by atoms with Gasteiger partial charge < -0.3 is 10.1 Å². The van der Waals surface area contributed by atoms with E-state index < -0.39 is 11.2 Å². The molecule has 120 valence electrons. The third kappa shape index (κ3) is 3.66. The van der Waals surface area contributed by atoms with E-state index in [0.29, 0.717) is 11.3 Å². The molecule has 2 unspecified atom stereocenters. The fourth-order valence-corrected chi connectivity index (χ4v) is 2.99. The molecule has 21 heavy (non-hydrogen) atoms. The number of nitrogens with zero attached hydrogens (tertiary/aromatic N) is 2. The molecule has 2 atom stereocenters. The fourth-order valence-electron chi connectivity index (χ4n) is 2.33. The van der Waals surface area contributed by atoms with Gasteiger partial charge >= 0.3 is 6.18 Å². The predicted molar refractivity (Wildman–Crippen MR) is 75.4 cm³/mol. The molecule has 0 spiro atoms. The van der Waals surface area contributed by atoms with Gasteiger partial charge in [-0.1, -0.05) is 38.5 Å². The Balaban J connectivity index is 1.89. The Hall–Kier alpha value is -0.890. The first kappa shape index (κ1) is 16.5. The molecule has 0 amide bonds. The molecule has 1 fully saturated rings. The number of rotatable bonds is 6. The third-order valence-electron chi connectivity index (χ3n) is 3.96. The highest BCUT2D eigenvalue weighted by Crippen LogP contribution is 2.45. The average Bonchev–Trinajstić information content (AvgIpc) is 2.85. The van der Waals surface area contributed by atoms with Gasteiger partial charge in [0.25, 0.3) is 0 Å². The third-order valence-corrected chi connectivity index (χ3v) is 4.86. The number of unbranched alkanes of at least 4 members (excludes halogenated alkanes) is 1. The lowest BCUT2D eigenvalue weighted by Gasteiger charge is -2.51. The van der Waals surface area contributed by atoms with Crippen molar-refractivity contribution in [2.45, 2.75) is 58.4 Å². The normalized spacial score (nSPS) is 24.7. The molecule has 8 heteroatoms. The first-order valence-electron chi connectivity index (χ1n) is 7.04. The lowest BCUT2D eigenvalue weighted by molar-refractivity contribution is -0.138. The summed E-state index contributed by atoms with van der Waals surface area (Å²) in [5.41, 5.74) is -0.127. The van der Waals surface area contributed by atoms with Crippen LogP contribution in [0.1, 0.15) is 45.0 Å². The summed E-state index contributed by atoms with van der Waals surface area (Å²) in [6.07, 6.45) is -1.41. The summed E-state index contributed by atoms with van der Waals surface area (Å²) >= 11 is 0.542. The minimum absolute atomic E-state index is 0.0539. The van der Waals surface area contributed by atoms with Crippen LogP contribution in [0.2, 0.25) is 0 Å². The van der Waals surface area contributed by atoms with Crippen LogP contribution in [0.15, 0.2) is 0 Å². The average molecular weight is 323 g/mol. The smallest absolute Gasteiger partial charge is 0.378 e. The maximum atomic E-state index is 12.5. The number of nitrogens with one attached hydrogen (secondary N) is 1. The van der Waals surface area contributed by atoms with Crippen molar-refractivity contribution in [1.29, 1.82) is 0 Å². The summed E-state index contributed by atoms with van der Waals surface area (Å²) in [5.74, 6) is 0. The molecular formula is C13H20F3N3OS. The van der Waals surface area contributed by atoms with Gasteiger partial charge in [-0.2, -0.15) is 13.2 Å². The second kappa shape index (κ2) is 6.08. The molecule has 0 aliphatic heterocycles. The molecule has 0 bridgehead atoms. The summed E-state index contributed by atoms with van der Waals surface area (Å²) in [5, 5.41) is 9.09. The second-order valence-electron chi connectivity index (χ2n) is 5.88. The van der Waals surface area contributed by atoms with Gasteiger partial charge in [0.05, 0.1) is 6.10 Å². The van der Waals surface area contributed by atoms with E-state index in [-0.39, 0.29) is 22.7 Å². The van der Waals surface area contributed by atoms with Gasteiger partial charge in [0.15, 0.2) is 0 Å². The number of anilines is 1. The molecule has 0 radical (unpaired) electrons. The van der Waals surface area contributed by atoms with Crippen LogP contribution < -0.4 is 5.32 Å². The summed E-state index contributed by atoms with van der Waals surface area (Å²) < 4.78 is 43.3. The predicted octanol–water partition coefficient (Wildman–Crippen LogP) is 3.95. The number of hydrogen-bond acceptors (Lipinski definition) is 5. The van der Waals surface area contributed by atoms with Gasteiger partial charge in [0.1, 0.15) is 0 Å². The number of aromatic nitrogens is 2. The second-order valence-corrected chi connectivity index (χ2v) is 6.85. The SMILES string of the molecule is CCCCOC1CC(Nc2nnc(C(F)(F)F)s2)C1(C)C. The number of halogens is 3. The first-order chi connectivity index (χ1) is 9.75. The van der Waals surface area contributed by atoms with E-state index in [9.17, 15) is 13.2 Å². The number of ether oxygens (including phenoxy) is 1. The molecule has 0 saturated heterocycles. The summed E-state index contributed by atoms with van der Waals surface area (Å²) in [4.78, 5) is 0. The van der Waals surface area contributed by atoms with Crippen molar-refractivity contribution >= 4 is 16.5 Å². The fraction of sp³-hybridized carbons (Fsp3) is 0.846. The van der Waals surface area contributed by atoms with E-state index in [1.54, 1.807) is 0 Å². The zero-order chi connectivity index (χ0) is 15.7. The van der Waals surface area contributed by atoms with E-state index in [1.807, 2.05) is 0 Å². The largest absolute Gasteiger partial charge is 0.445 e. The molecule has 1 saturated carbocycles. The Morgan fingerprint density at radius 1 is 1.38 bits per heavy atom. The quantitative estimate of drug-likeness (QED) is 0.805. The van der Waals surface area contributed by atoms with E-state index in [0.717, 1.165) is 25.9 Å². The highest BCUT2D eigenvalue weighted by Gasteiger charge is 2.49. The molecule has 4 nitrogen and oxygen atoms in total. The summed E-state index contributed by atoms with van der Waals surface area (Å²) in [7, 11) is 0. The molecule has 0 aromatic carbocycles. The molecule has 2 rings (SSSR count). The maximum Gasteiger partial charge on any atom is 0.445 e.